The van der Waals surface area contributed by atoms with Crippen LogP contribution in [0.1, 0.15) is 50.5 Å². The fourth-order valence-electron chi connectivity index (χ4n) is 3.77. The summed E-state index contributed by atoms with van der Waals surface area (Å²) in [5, 5.41) is 3.57. The lowest BCUT2D eigenvalue weighted by Crippen LogP contribution is -2.23. The minimum absolute atomic E-state index is 0.745. The first kappa shape index (κ1) is 11.1. The monoisotopic (exact) mass is 229 g/mol. The Hall–Kier alpha value is -0.980. The lowest BCUT2D eigenvalue weighted by Gasteiger charge is -2.31. The molecule has 0 spiro atoms. The lowest BCUT2D eigenvalue weighted by molar-refractivity contribution is 0.238. The van der Waals surface area contributed by atoms with Crippen LogP contribution in [0.15, 0.2) is 24.3 Å². The van der Waals surface area contributed by atoms with E-state index in [1.807, 2.05) is 0 Å². The fraction of sp³-hybridized carbons (Fsp3) is 0.625. The Labute approximate surface area is 105 Å². The molecule has 3 rings (SSSR count). The van der Waals surface area contributed by atoms with Crippen LogP contribution < -0.4 is 5.32 Å². The van der Waals surface area contributed by atoms with Gasteiger partial charge in [0.1, 0.15) is 0 Å². The van der Waals surface area contributed by atoms with E-state index in [4.69, 9.17) is 0 Å². The van der Waals surface area contributed by atoms with Gasteiger partial charge in [-0.2, -0.15) is 0 Å². The average Bonchev–Trinajstić information content (AvgIpc) is 2.83. The van der Waals surface area contributed by atoms with E-state index in [1.54, 1.807) is 5.56 Å². The summed E-state index contributed by atoms with van der Waals surface area (Å²) in [6.45, 7) is 3.63. The van der Waals surface area contributed by atoms with Gasteiger partial charge in [0.15, 0.2) is 0 Å². The van der Waals surface area contributed by atoms with Crippen molar-refractivity contribution in [2.75, 3.05) is 11.9 Å². The highest BCUT2D eigenvalue weighted by molar-refractivity contribution is 5.57. The normalized spacial score (nSPS) is 26.3. The van der Waals surface area contributed by atoms with Crippen LogP contribution in [0.25, 0.3) is 0 Å². The van der Waals surface area contributed by atoms with Crippen molar-refractivity contribution in [2.45, 2.75) is 44.9 Å². The number of hydrogen-bond acceptors (Lipinski definition) is 1. The van der Waals surface area contributed by atoms with Crippen molar-refractivity contribution in [1.29, 1.82) is 0 Å². The summed E-state index contributed by atoms with van der Waals surface area (Å²) in [5.74, 6) is 2.54. The average molecular weight is 229 g/mol. The number of benzene rings is 1. The molecule has 1 nitrogen and oxygen atoms in total. The maximum Gasteiger partial charge on any atom is 0.0376 e. The van der Waals surface area contributed by atoms with Gasteiger partial charge in [0, 0.05) is 18.2 Å². The molecule has 0 radical (unpaired) electrons. The Morgan fingerprint density at radius 3 is 2.71 bits per heavy atom. The summed E-state index contributed by atoms with van der Waals surface area (Å²) in [5.41, 5.74) is 2.94. The van der Waals surface area contributed by atoms with Crippen molar-refractivity contribution in [3.8, 4) is 0 Å². The topological polar surface area (TPSA) is 12.0 Å². The Kier molecular flexibility index (Phi) is 3.09. The first-order valence-electron chi connectivity index (χ1n) is 7.19. The molecular formula is C16H23N. The molecule has 2 unspecified atom stereocenters. The van der Waals surface area contributed by atoms with Gasteiger partial charge in [-0.3, -0.25) is 0 Å². The minimum Gasteiger partial charge on any atom is -0.384 e. The van der Waals surface area contributed by atoms with Crippen molar-refractivity contribution in [3.05, 3.63) is 29.8 Å². The molecule has 0 bridgehead atoms. The van der Waals surface area contributed by atoms with Crippen LogP contribution in [0.4, 0.5) is 5.69 Å². The SMILES string of the molecule is CC(C1CCCCC1)C1CNc2ccccc21. The van der Waals surface area contributed by atoms with Gasteiger partial charge >= 0.3 is 0 Å². The number of rotatable bonds is 2. The quantitative estimate of drug-likeness (QED) is 0.792. The van der Waals surface area contributed by atoms with Gasteiger partial charge in [-0.25, -0.2) is 0 Å². The third-order valence-electron chi connectivity index (χ3n) is 4.90. The molecule has 1 aromatic rings. The Bertz CT molecular complexity index is 379. The maximum atomic E-state index is 3.57. The highest BCUT2D eigenvalue weighted by atomic mass is 14.9. The third-order valence-corrected chi connectivity index (χ3v) is 4.90. The molecule has 0 saturated heterocycles. The second-order valence-electron chi connectivity index (χ2n) is 5.83. The molecule has 1 aliphatic heterocycles. The van der Waals surface area contributed by atoms with Crippen LogP contribution in [-0.4, -0.2) is 6.54 Å². The Morgan fingerprint density at radius 1 is 1.12 bits per heavy atom. The minimum atomic E-state index is 0.745. The van der Waals surface area contributed by atoms with Gasteiger partial charge in [-0.15, -0.1) is 0 Å². The van der Waals surface area contributed by atoms with E-state index in [9.17, 15) is 0 Å². The summed E-state index contributed by atoms with van der Waals surface area (Å²) in [4.78, 5) is 0. The van der Waals surface area contributed by atoms with Gasteiger partial charge in [0.2, 0.25) is 0 Å². The molecule has 1 aliphatic carbocycles. The van der Waals surface area contributed by atoms with Crippen LogP contribution in [0.5, 0.6) is 0 Å². The highest BCUT2D eigenvalue weighted by Crippen LogP contribution is 2.42. The zero-order chi connectivity index (χ0) is 11.7. The van der Waals surface area contributed by atoms with Crippen molar-refractivity contribution in [2.24, 2.45) is 11.8 Å². The molecule has 1 aromatic carbocycles. The molecular weight excluding hydrogens is 206 g/mol. The van der Waals surface area contributed by atoms with Crippen LogP contribution in [0.2, 0.25) is 0 Å². The molecule has 2 atom stereocenters. The zero-order valence-corrected chi connectivity index (χ0v) is 10.8. The number of hydrogen-bond donors (Lipinski definition) is 1. The van der Waals surface area contributed by atoms with Crippen molar-refractivity contribution in [3.63, 3.8) is 0 Å². The third kappa shape index (κ3) is 2.08. The molecule has 0 amide bonds. The van der Waals surface area contributed by atoms with Gasteiger partial charge < -0.3 is 5.32 Å². The molecule has 0 aromatic heterocycles. The number of nitrogens with one attached hydrogen (secondary N) is 1. The van der Waals surface area contributed by atoms with E-state index in [1.165, 1.54) is 37.8 Å². The van der Waals surface area contributed by atoms with Gasteiger partial charge in [0.25, 0.3) is 0 Å². The van der Waals surface area contributed by atoms with E-state index in [2.05, 4.69) is 36.5 Å². The molecule has 1 N–H and O–H groups in total. The first-order chi connectivity index (χ1) is 8.36. The predicted molar refractivity (Wildman–Crippen MR) is 73.4 cm³/mol. The summed E-state index contributed by atoms with van der Waals surface area (Å²) < 4.78 is 0. The number of fused-ring (bicyclic) bond motifs is 1. The lowest BCUT2D eigenvalue weighted by atomic mass is 9.73. The van der Waals surface area contributed by atoms with E-state index >= 15 is 0 Å². The second-order valence-corrected chi connectivity index (χ2v) is 5.83. The predicted octanol–water partition coefficient (Wildman–Crippen LogP) is 4.41. The van der Waals surface area contributed by atoms with E-state index in [0.717, 1.165) is 24.3 Å². The second kappa shape index (κ2) is 4.72. The summed E-state index contributed by atoms with van der Waals surface area (Å²) in [6.07, 6.45) is 7.29. The van der Waals surface area contributed by atoms with E-state index in [0.29, 0.717) is 0 Å². The fourth-order valence-corrected chi connectivity index (χ4v) is 3.77. The summed E-state index contributed by atoms with van der Waals surface area (Å²) >= 11 is 0. The molecule has 1 heterocycles. The van der Waals surface area contributed by atoms with Gasteiger partial charge in [0.05, 0.1) is 0 Å². The Morgan fingerprint density at radius 2 is 1.88 bits per heavy atom. The number of anilines is 1. The largest absolute Gasteiger partial charge is 0.384 e. The highest BCUT2D eigenvalue weighted by Gasteiger charge is 2.32. The molecule has 1 saturated carbocycles. The van der Waals surface area contributed by atoms with Crippen molar-refractivity contribution >= 4 is 5.69 Å². The van der Waals surface area contributed by atoms with Crippen molar-refractivity contribution < 1.29 is 0 Å². The van der Waals surface area contributed by atoms with E-state index < -0.39 is 0 Å². The molecule has 2 aliphatic rings. The van der Waals surface area contributed by atoms with Gasteiger partial charge in [-0.05, 0) is 23.5 Å². The number of para-hydroxylation sites is 1. The molecule has 1 heteroatoms. The zero-order valence-electron chi connectivity index (χ0n) is 10.8. The van der Waals surface area contributed by atoms with Crippen molar-refractivity contribution in [1.82, 2.24) is 0 Å². The molecule has 92 valence electrons. The first-order valence-corrected chi connectivity index (χ1v) is 7.19. The summed E-state index contributed by atoms with van der Waals surface area (Å²) in [6, 6.07) is 8.87. The maximum absolute atomic E-state index is 3.57. The summed E-state index contributed by atoms with van der Waals surface area (Å²) in [7, 11) is 0. The van der Waals surface area contributed by atoms with E-state index in [-0.39, 0.29) is 0 Å². The van der Waals surface area contributed by atoms with Gasteiger partial charge in [-0.1, -0.05) is 57.2 Å². The molecule has 1 fully saturated rings. The molecule has 17 heavy (non-hydrogen) atoms. The standard InChI is InChI=1S/C16H23N/c1-12(13-7-3-2-4-8-13)15-11-17-16-10-6-5-9-14(15)16/h5-6,9-10,12-13,15,17H,2-4,7-8,11H2,1H3. The smallest absolute Gasteiger partial charge is 0.0376 e. The van der Waals surface area contributed by atoms with Crippen LogP contribution in [-0.2, 0) is 0 Å². The van der Waals surface area contributed by atoms with Crippen LogP contribution in [0.3, 0.4) is 0 Å². The Balaban J connectivity index is 1.76. The van der Waals surface area contributed by atoms with Crippen LogP contribution >= 0.6 is 0 Å². The van der Waals surface area contributed by atoms with Crippen LogP contribution in [0, 0.1) is 11.8 Å².